The lowest BCUT2D eigenvalue weighted by molar-refractivity contribution is -0.307. The molecule has 12 heteroatoms. The first-order chi connectivity index (χ1) is 16.5. The van der Waals surface area contributed by atoms with E-state index < -0.39 is 12.6 Å². The van der Waals surface area contributed by atoms with Gasteiger partial charge in [0.15, 0.2) is 12.6 Å². The predicted octanol–water partition coefficient (Wildman–Crippen LogP) is 0.0982. The van der Waals surface area contributed by atoms with Crippen LogP contribution in [-0.2, 0) is 56.8 Å². The van der Waals surface area contributed by atoms with Gasteiger partial charge in [0.2, 0.25) is 0 Å². The lowest BCUT2D eigenvalue weighted by Crippen LogP contribution is -2.61. The Kier molecular flexibility index (Phi) is 15.8. The zero-order chi connectivity index (χ0) is 25.7. The third-order valence-corrected chi connectivity index (χ3v) is 5.94. The van der Waals surface area contributed by atoms with E-state index in [1.807, 2.05) is 0 Å². The van der Waals surface area contributed by atoms with E-state index in [0.717, 1.165) is 0 Å². The molecule has 0 aliphatic carbocycles. The minimum atomic E-state index is -0.489. The largest absolute Gasteiger partial charge is 0.382 e. The number of hydrogen-bond acceptors (Lipinski definition) is 12. The molecule has 0 spiro atoms. The molecule has 10 atom stereocenters. The highest BCUT2D eigenvalue weighted by atomic mass is 16.7. The van der Waals surface area contributed by atoms with Crippen LogP contribution in [0.15, 0.2) is 0 Å². The van der Waals surface area contributed by atoms with E-state index in [2.05, 4.69) is 0 Å². The predicted molar refractivity (Wildman–Crippen MR) is 120 cm³/mol. The Bertz CT molecular complexity index is 468. The van der Waals surface area contributed by atoms with Crippen molar-refractivity contribution in [2.24, 2.45) is 0 Å². The summed E-state index contributed by atoms with van der Waals surface area (Å²) in [4.78, 5) is 0. The van der Waals surface area contributed by atoms with Crippen molar-refractivity contribution in [1.82, 2.24) is 0 Å². The fourth-order valence-electron chi connectivity index (χ4n) is 4.34. The van der Waals surface area contributed by atoms with Crippen LogP contribution in [0.4, 0.5) is 0 Å². The van der Waals surface area contributed by atoms with E-state index in [9.17, 15) is 0 Å². The highest BCUT2D eigenvalue weighted by Gasteiger charge is 2.48. The van der Waals surface area contributed by atoms with Crippen molar-refractivity contribution in [2.75, 3.05) is 84.3 Å². The maximum absolute atomic E-state index is 5.74. The minimum absolute atomic E-state index is 0.244. The van der Waals surface area contributed by atoms with Crippen molar-refractivity contribution in [1.29, 1.82) is 0 Å². The van der Waals surface area contributed by atoms with Crippen molar-refractivity contribution < 1.29 is 56.8 Å². The van der Waals surface area contributed by atoms with Crippen LogP contribution < -0.4 is 0 Å². The van der Waals surface area contributed by atoms with Crippen LogP contribution >= 0.6 is 0 Å². The molecule has 0 aromatic carbocycles. The molecule has 0 radical (unpaired) electrons. The standard InChI is InChI=1S/2C11H22O6/c2*1-12-6-7-8(13-2)9(14-3)10(15-4)11(16-5)17-7/h2*7-11H,6H2,1-5H3/t2*7-,8+,9+,10-,11-/m11/s1. The maximum atomic E-state index is 5.74. The first-order valence-corrected chi connectivity index (χ1v) is 11.0. The fourth-order valence-corrected chi connectivity index (χ4v) is 4.34. The van der Waals surface area contributed by atoms with Gasteiger partial charge >= 0.3 is 0 Å². The molecule has 0 unspecified atom stereocenters. The van der Waals surface area contributed by atoms with Gasteiger partial charge in [-0.3, -0.25) is 0 Å². The van der Waals surface area contributed by atoms with Crippen LogP contribution in [0, 0.1) is 0 Å². The molecule has 2 heterocycles. The quantitative estimate of drug-likeness (QED) is 0.362. The van der Waals surface area contributed by atoms with Gasteiger partial charge in [-0.1, -0.05) is 0 Å². The summed E-state index contributed by atoms with van der Waals surface area (Å²) in [5.74, 6) is 0. The molecule has 2 saturated heterocycles. The Morgan fingerprint density at radius 2 is 0.676 bits per heavy atom. The van der Waals surface area contributed by atoms with Gasteiger partial charge in [-0.15, -0.1) is 0 Å². The summed E-state index contributed by atoms with van der Waals surface area (Å²) in [6.07, 6.45) is -3.16. The average Bonchev–Trinajstić information content (AvgIpc) is 2.87. The normalized spacial score (nSPS) is 38.3. The molecule has 2 fully saturated rings. The van der Waals surface area contributed by atoms with Crippen LogP contribution in [0.1, 0.15) is 0 Å². The Labute approximate surface area is 203 Å². The Hall–Kier alpha value is -0.480. The van der Waals surface area contributed by atoms with Crippen LogP contribution in [0.5, 0.6) is 0 Å². The number of hydrogen-bond donors (Lipinski definition) is 0. The third kappa shape index (κ3) is 7.76. The summed E-state index contributed by atoms with van der Waals surface area (Å²) in [6, 6.07) is 0. The van der Waals surface area contributed by atoms with Gasteiger partial charge in [0.05, 0.1) is 13.2 Å². The summed E-state index contributed by atoms with van der Waals surface area (Å²) in [5.41, 5.74) is 0. The van der Waals surface area contributed by atoms with Crippen LogP contribution in [0.3, 0.4) is 0 Å². The lowest BCUT2D eigenvalue weighted by atomic mass is 9.98. The average molecular weight is 501 g/mol. The molecule has 204 valence electrons. The van der Waals surface area contributed by atoms with Gasteiger partial charge in [-0.05, 0) is 0 Å². The summed E-state index contributed by atoms with van der Waals surface area (Å²) >= 11 is 0. The first-order valence-electron chi connectivity index (χ1n) is 11.0. The van der Waals surface area contributed by atoms with E-state index >= 15 is 0 Å². The topological polar surface area (TPSA) is 111 Å². The van der Waals surface area contributed by atoms with Crippen molar-refractivity contribution in [2.45, 2.75) is 61.4 Å². The molecule has 12 nitrogen and oxygen atoms in total. The third-order valence-electron chi connectivity index (χ3n) is 5.94. The molecule has 0 amide bonds. The summed E-state index contributed by atoms with van der Waals surface area (Å²) in [5, 5.41) is 0. The van der Waals surface area contributed by atoms with Crippen LogP contribution in [-0.4, -0.2) is 146 Å². The second-order valence-electron chi connectivity index (χ2n) is 7.67. The Balaban J connectivity index is 0.000000340. The van der Waals surface area contributed by atoms with Gasteiger partial charge in [0.25, 0.3) is 0 Å². The van der Waals surface area contributed by atoms with Gasteiger partial charge in [-0.25, -0.2) is 0 Å². The summed E-state index contributed by atoms with van der Waals surface area (Å²) < 4.78 is 64.7. The maximum Gasteiger partial charge on any atom is 0.186 e. The molecule has 2 rings (SSSR count). The van der Waals surface area contributed by atoms with Gasteiger partial charge in [0, 0.05) is 71.1 Å². The van der Waals surface area contributed by atoms with Gasteiger partial charge in [0.1, 0.15) is 48.8 Å². The molecule has 2 aliphatic rings. The van der Waals surface area contributed by atoms with E-state index in [-0.39, 0.29) is 48.8 Å². The lowest BCUT2D eigenvalue weighted by Gasteiger charge is -2.44. The Morgan fingerprint density at radius 1 is 0.382 bits per heavy atom. The van der Waals surface area contributed by atoms with Gasteiger partial charge < -0.3 is 56.8 Å². The molecule has 0 aromatic rings. The molecular weight excluding hydrogens is 456 g/mol. The van der Waals surface area contributed by atoms with E-state index in [4.69, 9.17) is 56.8 Å². The van der Waals surface area contributed by atoms with E-state index in [1.54, 1.807) is 71.1 Å². The number of ether oxygens (including phenoxy) is 12. The smallest absolute Gasteiger partial charge is 0.186 e. The summed E-state index contributed by atoms with van der Waals surface area (Å²) in [7, 11) is 16.0. The molecular formula is C22H44O12. The van der Waals surface area contributed by atoms with Crippen LogP contribution in [0.2, 0.25) is 0 Å². The second kappa shape index (κ2) is 17.1. The Morgan fingerprint density at radius 3 is 0.882 bits per heavy atom. The molecule has 0 bridgehead atoms. The summed E-state index contributed by atoms with van der Waals surface area (Å²) in [6.45, 7) is 0.823. The van der Waals surface area contributed by atoms with Crippen molar-refractivity contribution >= 4 is 0 Å². The SMILES string of the molecule is COC[C@H]1O[C@@H](OC)[C@H](OC)[C@@H](OC)[C@H]1OC.COC[C@H]1O[C@@H](OC)[C@H](OC)[C@@H](OC)[C@H]1OC. The van der Waals surface area contributed by atoms with Crippen molar-refractivity contribution in [3.05, 3.63) is 0 Å². The molecule has 0 aromatic heterocycles. The van der Waals surface area contributed by atoms with E-state index in [1.165, 1.54) is 0 Å². The molecule has 2 aliphatic heterocycles. The zero-order valence-corrected chi connectivity index (χ0v) is 22.1. The van der Waals surface area contributed by atoms with Crippen LogP contribution in [0.25, 0.3) is 0 Å². The zero-order valence-electron chi connectivity index (χ0n) is 22.1. The monoisotopic (exact) mass is 500 g/mol. The first kappa shape index (κ1) is 31.5. The molecule has 0 saturated carbocycles. The highest BCUT2D eigenvalue weighted by molar-refractivity contribution is 4.93. The fraction of sp³-hybridized carbons (Fsp3) is 1.00. The number of rotatable bonds is 12. The minimum Gasteiger partial charge on any atom is -0.382 e. The molecule has 34 heavy (non-hydrogen) atoms. The van der Waals surface area contributed by atoms with Crippen molar-refractivity contribution in [3.8, 4) is 0 Å². The highest BCUT2D eigenvalue weighted by Crippen LogP contribution is 2.28. The number of methoxy groups -OCH3 is 10. The van der Waals surface area contributed by atoms with E-state index in [0.29, 0.717) is 13.2 Å². The van der Waals surface area contributed by atoms with Gasteiger partial charge in [-0.2, -0.15) is 0 Å². The molecule has 0 N–H and O–H groups in total. The van der Waals surface area contributed by atoms with Crippen molar-refractivity contribution in [3.63, 3.8) is 0 Å². The second-order valence-corrected chi connectivity index (χ2v) is 7.67.